The minimum atomic E-state index is -0.703. The number of rotatable bonds is 3. The van der Waals surface area contributed by atoms with Crippen LogP contribution in [0.1, 0.15) is 24.8 Å². The smallest absolute Gasteiger partial charge is 0.320 e. The Kier molecular flexibility index (Phi) is 4.54. The molecule has 1 aromatic carbocycles. The molecule has 2 aliphatic rings. The van der Waals surface area contributed by atoms with Crippen molar-refractivity contribution in [2.75, 3.05) is 26.7 Å². The van der Waals surface area contributed by atoms with Crippen molar-refractivity contribution in [2.24, 2.45) is 5.41 Å². The van der Waals surface area contributed by atoms with E-state index in [1.54, 1.807) is 6.07 Å². The molecule has 0 aromatic heterocycles. The number of halogens is 1. The van der Waals surface area contributed by atoms with Gasteiger partial charge in [-0.05, 0) is 62.5 Å². The molecule has 1 aromatic rings. The van der Waals surface area contributed by atoms with Gasteiger partial charge in [-0.1, -0.05) is 17.7 Å². The average molecular weight is 339 g/mol. The first kappa shape index (κ1) is 16.6. The monoisotopic (exact) mass is 338 g/mol. The molecule has 1 spiro atoms. The summed E-state index contributed by atoms with van der Waals surface area (Å²) >= 11 is 5.96. The summed E-state index contributed by atoms with van der Waals surface area (Å²) in [6.07, 6.45) is 2.83. The number of carbonyl (C=O) groups is 1. The number of likely N-dealkylation sites (N-methyl/N-ethyl adjacent to an activating group) is 1. The number of phenols is 1. The van der Waals surface area contributed by atoms with Crippen molar-refractivity contribution < 1.29 is 15.0 Å². The van der Waals surface area contributed by atoms with Gasteiger partial charge in [-0.15, -0.1) is 0 Å². The van der Waals surface area contributed by atoms with Gasteiger partial charge in [0.2, 0.25) is 0 Å². The van der Waals surface area contributed by atoms with Crippen molar-refractivity contribution in [3.63, 3.8) is 0 Å². The number of aromatic hydroxyl groups is 1. The van der Waals surface area contributed by atoms with E-state index in [-0.39, 0.29) is 17.2 Å². The van der Waals surface area contributed by atoms with Crippen LogP contribution in [-0.4, -0.2) is 58.7 Å². The molecule has 23 heavy (non-hydrogen) atoms. The van der Waals surface area contributed by atoms with Gasteiger partial charge in [-0.3, -0.25) is 14.6 Å². The lowest BCUT2D eigenvalue weighted by Gasteiger charge is -2.39. The van der Waals surface area contributed by atoms with Crippen LogP contribution in [0.15, 0.2) is 18.2 Å². The zero-order chi connectivity index (χ0) is 16.6. The van der Waals surface area contributed by atoms with Crippen LogP contribution in [0.2, 0.25) is 5.02 Å². The summed E-state index contributed by atoms with van der Waals surface area (Å²) in [6, 6.07) is 5.00. The van der Waals surface area contributed by atoms with Gasteiger partial charge in [0.05, 0.1) is 5.02 Å². The third-order valence-corrected chi connectivity index (χ3v) is 5.67. The second-order valence-electron chi connectivity index (χ2n) is 7.04. The summed E-state index contributed by atoms with van der Waals surface area (Å²) in [4.78, 5) is 15.7. The second-order valence-corrected chi connectivity index (χ2v) is 7.44. The van der Waals surface area contributed by atoms with Crippen LogP contribution in [0.3, 0.4) is 0 Å². The zero-order valence-electron chi connectivity index (χ0n) is 13.3. The van der Waals surface area contributed by atoms with Crippen LogP contribution < -0.4 is 0 Å². The topological polar surface area (TPSA) is 64.0 Å². The molecule has 5 nitrogen and oxygen atoms in total. The number of phenolic OH excluding ortho intramolecular Hbond substituents is 1. The van der Waals surface area contributed by atoms with Crippen molar-refractivity contribution in [1.29, 1.82) is 0 Å². The van der Waals surface area contributed by atoms with Gasteiger partial charge >= 0.3 is 5.97 Å². The van der Waals surface area contributed by atoms with Gasteiger partial charge in [-0.2, -0.15) is 0 Å². The molecule has 2 N–H and O–H groups in total. The van der Waals surface area contributed by atoms with Crippen molar-refractivity contribution in [1.82, 2.24) is 9.80 Å². The highest BCUT2D eigenvalue weighted by Crippen LogP contribution is 2.43. The molecular formula is C17H23ClN2O3. The second kappa shape index (κ2) is 6.30. The van der Waals surface area contributed by atoms with E-state index in [1.165, 1.54) is 0 Å². The molecule has 2 aliphatic heterocycles. The summed E-state index contributed by atoms with van der Waals surface area (Å²) in [5.41, 5.74) is 1.25. The Balaban J connectivity index is 1.58. The number of carboxylic acids is 1. The van der Waals surface area contributed by atoms with Gasteiger partial charge in [0.25, 0.3) is 0 Å². The maximum Gasteiger partial charge on any atom is 0.320 e. The Morgan fingerprint density at radius 2 is 2.09 bits per heavy atom. The lowest BCUT2D eigenvalue weighted by Crippen LogP contribution is -2.40. The number of likely N-dealkylation sites (tertiary alicyclic amines) is 2. The number of piperidine rings is 1. The minimum Gasteiger partial charge on any atom is -0.506 e. The Morgan fingerprint density at radius 3 is 2.65 bits per heavy atom. The fraction of sp³-hybridized carbons (Fsp3) is 0.588. The molecule has 0 radical (unpaired) electrons. The van der Waals surface area contributed by atoms with Gasteiger partial charge < -0.3 is 10.2 Å². The van der Waals surface area contributed by atoms with Gasteiger partial charge in [0, 0.05) is 13.1 Å². The number of nitrogens with zero attached hydrogens (tertiary/aromatic N) is 2. The van der Waals surface area contributed by atoms with Crippen LogP contribution in [0.4, 0.5) is 0 Å². The summed E-state index contributed by atoms with van der Waals surface area (Å²) in [7, 11) is 1.92. The molecule has 2 heterocycles. The number of aliphatic carboxylic acids is 1. The predicted octanol–water partition coefficient (Wildman–Crippen LogP) is 2.42. The molecule has 6 heteroatoms. The summed E-state index contributed by atoms with van der Waals surface area (Å²) in [5, 5.41) is 19.2. The third-order valence-electron chi connectivity index (χ3n) is 5.36. The molecule has 1 atom stereocenters. The van der Waals surface area contributed by atoms with E-state index < -0.39 is 5.97 Å². The average Bonchev–Trinajstić information content (AvgIpc) is 2.83. The van der Waals surface area contributed by atoms with E-state index >= 15 is 0 Å². The highest BCUT2D eigenvalue weighted by atomic mass is 35.5. The largest absolute Gasteiger partial charge is 0.506 e. The Hall–Kier alpha value is -1.30. The van der Waals surface area contributed by atoms with Crippen LogP contribution >= 0.6 is 11.6 Å². The third kappa shape index (κ3) is 3.47. The normalized spacial score (nSPS) is 25.0. The maximum atomic E-state index is 11.3. The lowest BCUT2D eigenvalue weighted by molar-refractivity contribution is -0.141. The molecule has 0 saturated carbocycles. The first-order valence-electron chi connectivity index (χ1n) is 8.01. The fourth-order valence-electron chi connectivity index (χ4n) is 4.00. The summed E-state index contributed by atoms with van der Waals surface area (Å²) in [6.45, 7) is 3.63. The molecule has 2 saturated heterocycles. The Bertz CT molecular complexity index is 600. The van der Waals surface area contributed by atoms with E-state index in [9.17, 15) is 15.0 Å². The SMILES string of the molecule is CN1CC2(CCN(Cc3ccc(O)c(Cl)c3)CC2)C[C@H]1C(=O)O. The quantitative estimate of drug-likeness (QED) is 0.886. The number of carboxylic acid groups (broad SMARTS) is 1. The van der Waals surface area contributed by atoms with E-state index in [0.29, 0.717) is 5.02 Å². The van der Waals surface area contributed by atoms with Gasteiger partial charge in [0.15, 0.2) is 0 Å². The highest BCUT2D eigenvalue weighted by molar-refractivity contribution is 6.32. The summed E-state index contributed by atoms with van der Waals surface area (Å²) < 4.78 is 0. The molecule has 0 aliphatic carbocycles. The fourth-order valence-corrected chi connectivity index (χ4v) is 4.20. The van der Waals surface area contributed by atoms with Crippen molar-refractivity contribution in [3.8, 4) is 5.75 Å². The van der Waals surface area contributed by atoms with E-state index in [1.807, 2.05) is 24.1 Å². The Morgan fingerprint density at radius 1 is 1.39 bits per heavy atom. The lowest BCUT2D eigenvalue weighted by atomic mass is 9.76. The van der Waals surface area contributed by atoms with Crippen molar-refractivity contribution in [2.45, 2.75) is 31.8 Å². The molecular weight excluding hydrogens is 316 g/mol. The molecule has 126 valence electrons. The molecule has 0 amide bonds. The molecule has 2 fully saturated rings. The molecule has 3 rings (SSSR count). The van der Waals surface area contributed by atoms with Crippen molar-refractivity contribution in [3.05, 3.63) is 28.8 Å². The van der Waals surface area contributed by atoms with Gasteiger partial charge in [0.1, 0.15) is 11.8 Å². The summed E-state index contributed by atoms with van der Waals surface area (Å²) in [5.74, 6) is -0.591. The number of hydrogen-bond donors (Lipinski definition) is 2. The van der Waals surface area contributed by atoms with Crippen molar-refractivity contribution >= 4 is 17.6 Å². The molecule has 0 unspecified atom stereocenters. The Labute approximate surface area is 141 Å². The number of hydrogen-bond acceptors (Lipinski definition) is 4. The minimum absolute atomic E-state index is 0.113. The predicted molar refractivity (Wildman–Crippen MR) is 88.7 cm³/mol. The van der Waals surface area contributed by atoms with E-state index in [4.69, 9.17) is 11.6 Å². The zero-order valence-corrected chi connectivity index (χ0v) is 14.1. The first-order valence-corrected chi connectivity index (χ1v) is 8.39. The first-order chi connectivity index (χ1) is 10.9. The van der Waals surface area contributed by atoms with Crippen LogP contribution in [0, 0.1) is 5.41 Å². The standard InChI is InChI=1S/C17H23ClN2O3/c1-19-11-17(9-14(19)16(22)23)4-6-20(7-5-17)10-12-2-3-15(21)13(18)8-12/h2-3,8,14,21H,4-7,9-11H2,1H3,(H,22,23)/t14-/m0/s1. The van der Waals surface area contributed by atoms with Crippen LogP contribution in [-0.2, 0) is 11.3 Å². The van der Waals surface area contributed by atoms with E-state index in [2.05, 4.69) is 4.90 Å². The van der Waals surface area contributed by atoms with Gasteiger partial charge in [-0.25, -0.2) is 0 Å². The maximum absolute atomic E-state index is 11.3. The molecule has 0 bridgehead atoms. The van der Waals surface area contributed by atoms with Crippen LogP contribution in [0.25, 0.3) is 0 Å². The number of benzene rings is 1. The highest BCUT2D eigenvalue weighted by Gasteiger charge is 2.46. The van der Waals surface area contributed by atoms with Crippen LogP contribution in [0.5, 0.6) is 5.75 Å². The van der Waals surface area contributed by atoms with E-state index in [0.717, 1.165) is 51.0 Å².